The molecule has 9 nitrogen and oxygen atoms in total. The molecule has 1 fully saturated rings. The molecule has 2 aliphatic rings. The van der Waals surface area contributed by atoms with Gasteiger partial charge >= 0.3 is 0 Å². The van der Waals surface area contributed by atoms with E-state index in [2.05, 4.69) is 24.8 Å². The van der Waals surface area contributed by atoms with Gasteiger partial charge in [-0.25, -0.2) is 24.9 Å². The molecule has 0 amide bonds. The molecule has 0 N–H and O–H groups in total. The summed E-state index contributed by atoms with van der Waals surface area (Å²) >= 11 is 0. The fraction of sp³-hybridized carbons (Fsp3) is 0.393. The molecule has 3 aromatic heterocycles. The molecule has 0 radical (unpaired) electrons. The minimum atomic E-state index is -3.00. The molecule has 1 saturated carbocycles. The number of nitrogens with zero attached hydrogens (tertiary/aromatic N) is 7. The third-order valence-corrected chi connectivity index (χ3v) is 7.15. The number of alkyl halides is 2. The molecular weight excluding hydrogens is 504 g/mol. The van der Waals surface area contributed by atoms with Crippen molar-refractivity contribution in [3.63, 3.8) is 0 Å². The Morgan fingerprint density at radius 3 is 2.54 bits per heavy atom. The predicted octanol–water partition coefficient (Wildman–Crippen LogP) is 5.21. The van der Waals surface area contributed by atoms with E-state index in [1.165, 1.54) is 12.5 Å². The highest BCUT2D eigenvalue weighted by Gasteiger charge is 2.33. The summed E-state index contributed by atoms with van der Waals surface area (Å²) < 4.78 is 40.7. The van der Waals surface area contributed by atoms with Crippen molar-refractivity contribution in [3.05, 3.63) is 65.5 Å². The maximum atomic E-state index is 13.8. The van der Waals surface area contributed by atoms with E-state index in [1.54, 1.807) is 24.9 Å². The molecule has 1 aliphatic carbocycles. The van der Waals surface area contributed by atoms with Gasteiger partial charge in [-0.3, -0.25) is 0 Å². The zero-order valence-electron chi connectivity index (χ0n) is 22.2. The number of methoxy groups -OCH3 is 1. The molecule has 0 bridgehead atoms. The van der Waals surface area contributed by atoms with Gasteiger partial charge in [-0.05, 0) is 25.3 Å². The van der Waals surface area contributed by atoms with Gasteiger partial charge < -0.3 is 18.9 Å². The number of ether oxygens (including phenoxy) is 2. The largest absolute Gasteiger partial charge is 0.480 e. The van der Waals surface area contributed by atoms with Crippen LogP contribution in [0.2, 0.25) is 0 Å². The fourth-order valence-electron chi connectivity index (χ4n) is 4.86. The van der Waals surface area contributed by atoms with Gasteiger partial charge in [0.05, 0.1) is 19.4 Å². The number of imidazole rings is 1. The molecule has 202 valence electrons. The van der Waals surface area contributed by atoms with Gasteiger partial charge in [0.15, 0.2) is 5.82 Å². The van der Waals surface area contributed by atoms with Crippen LogP contribution < -0.4 is 9.64 Å². The van der Waals surface area contributed by atoms with Crippen molar-refractivity contribution in [2.75, 3.05) is 12.0 Å². The minimum absolute atomic E-state index is 0.222. The summed E-state index contributed by atoms with van der Waals surface area (Å²) in [6.45, 7) is 3.78. The van der Waals surface area contributed by atoms with Gasteiger partial charge in [0, 0.05) is 50.0 Å². The SMILES string of the molecule is COc1ncnc(C2CC2)c1-c1ncc2c(n1)N(Cc1ccc(-c3nc(C(C)(F)F)cn3C)cc1)C(C)OC2. The second-order valence-electron chi connectivity index (χ2n) is 10.1. The highest BCUT2D eigenvalue weighted by molar-refractivity contribution is 5.68. The van der Waals surface area contributed by atoms with Crippen molar-refractivity contribution in [1.29, 1.82) is 0 Å². The summed E-state index contributed by atoms with van der Waals surface area (Å²) in [6, 6.07) is 7.72. The molecule has 0 saturated heterocycles. The molecule has 1 unspecified atom stereocenters. The highest BCUT2D eigenvalue weighted by atomic mass is 19.3. The number of halogens is 2. The van der Waals surface area contributed by atoms with Crippen molar-refractivity contribution in [2.45, 2.75) is 57.9 Å². The highest BCUT2D eigenvalue weighted by Crippen LogP contribution is 2.45. The average molecular weight is 534 g/mol. The van der Waals surface area contributed by atoms with Crippen LogP contribution in [0.3, 0.4) is 0 Å². The number of aryl methyl sites for hydroxylation is 1. The summed E-state index contributed by atoms with van der Waals surface area (Å²) in [5.74, 6) is -0.362. The number of anilines is 1. The van der Waals surface area contributed by atoms with E-state index >= 15 is 0 Å². The Balaban J connectivity index is 1.31. The van der Waals surface area contributed by atoms with Gasteiger partial charge in [0.1, 0.15) is 35.5 Å². The Morgan fingerprint density at radius 2 is 1.87 bits per heavy atom. The molecule has 1 aromatic carbocycles. The van der Waals surface area contributed by atoms with E-state index in [0.29, 0.717) is 36.6 Å². The van der Waals surface area contributed by atoms with Crippen LogP contribution in [0.15, 0.2) is 43.0 Å². The molecule has 11 heteroatoms. The van der Waals surface area contributed by atoms with Crippen LogP contribution in [-0.4, -0.2) is 42.8 Å². The lowest BCUT2D eigenvalue weighted by Crippen LogP contribution is -2.39. The van der Waals surface area contributed by atoms with Crippen LogP contribution >= 0.6 is 0 Å². The van der Waals surface area contributed by atoms with Crippen molar-refractivity contribution < 1.29 is 18.3 Å². The van der Waals surface area contributed by atoms with Crippen molar-refractivity contribution in [2.24, 2.45) is 7.05 Å². The second kappa shape index (κ2) is 9.64. The molecule has 1 aliphatic heterocycles. The quantitative estimate of drug-likeness (QED) is 0.320. The van der Waals surface area contributed by atoms with E-state index in [4.69, 9.17) is 14.5 Å². The van der Waals surface area contributed by atoms with Crippen LogP contribution in [-0.2, 0) is 30.9 Å². The fourth-order valence-corrected chi connectivity index (χ4v) is 4.86. The Hall–Kier alpha value is -3.99. The summed E-state index contributed by atoms with van der Waals surface area (Å²) in [5.41, 5.74) is 4.06. The Bertz CT molecular complexity index is 1510. The van der Waals surface area contributed by atoms with Crippen LogP contribution in [0.4, 0.5) is 14.6 Å². The number of hydrogen-bond donors (Lipinski definition) is 0. The molecule has 1 atom stereocenters. The number of rotatable bonds is 7. The van der Waals surface area contributed by atoms with E-state index in [1.807, 2.05) is 31.2 Å². The maximum absolute atomic E-state index is 13.8. The third kappa shape index (κ3) is 4.82. The zero-order chi connectivity index (χ0) is 27.3. The second-order valence-corrected chi connectivity index (χ2v) is 10.1. The normalized spacial score (nSPS) is 17.3. The smallest absolute Gasteiger partial charge is 0.288 e. The third-order valence-electron chi connectivity index (χ3n) is 7.15. The van der Waals surface area contributed by atoms with E-state index < -0.39 is 5.92 Å². The topological polar surface area (TPSA) is 91.1 Å². The first-order valence-electron chi connectivity index (χ1n) is 12.9. The number of benzene rings is 1. The molecule has 4 heterocycles. The van der Waals surface area contributed by atoms with Gasteiger partial charge in [-0.2, -0.15) is 8.78 Å². The summed E-state index contributed by atoms with van der Waals surface area (Å²) in [6.07, 6.45) is 6.62. The number of fused-ring (bicyclic) bond motifs is 1. The lowest BCUT2D eigenvalue weighted by Gasteiger charge is -2.35. The maximum Gasteiger partial charge on any atom is 0.288 e. The monoisotopic (exact) mass is 533 g/mol. The standard InChI is InChI=1S/C28H29F2N7O2/c1-16-37(12-17-5-7-19(8-6-17)25-34-21(13-36(25)3)28(2,29)30)26-20(14-39-16)11-31-24(35-26)22-23(18-9-10-18)32-15-33-27(22)38-4/h5-8,11,13,15-16,18H,9-10,12,14H2,1-4H3. The number of aromatic nitrogens is 6. The van der Waals surface area contributed by atoms with Crippen molar-refractivity contribution in [1.82, 2.24) is 29.5 Å². The van der Waals surface area contributed by atoms with Crippen LogP contribution in [0.25, 0.3) is 22.8 Å². The van der Waals surface area contributed by atoms with Gasteiger partial charge in [0.25, 0.3) is 5.92 Å². The van der Waals surface area contributed by atoms with Gasteiger partial charge in [0.2, 0.25) is 5.88 Å². The molecule has 4 aromatic rings. The predicted molar refractivity (Wildman–Crippen MR) is 140 cm³/mol. The first kappa shape index (κ1) is 25.3. The summed E-state index contributed by atoms with van der Waals surface area (Å²) in [5, 5.41) is 0. The van der Waals surface area contributed by atoms with Gasteiger partial charge in [-0.15, -0.1) is 0 Å². The first-order chi connectivity index (χ1) is 18.7. The number of hydrogen-bond acceptors (Lipinski definition) is 8. The minimum Gasteiger partial charge on any atom is -0.480 e. The van der Waals surface area contributed by atoms with Crippen molar-refractivity contribution in [3.8, 4) is 28.7 Å². The molecule has 6 rings (SSSR count). The summed E-state index contributed by atoms with van der Waals surface area (Å²) in [4.78, 5) is 24.7. The molecular formula is C28H29F2N7O2. The van der Waals surface area contributed by atoms with Crippen molar-refractivity contribution >= 4 is 5.82 Å². The lowest BCUT2D eigenvalue weighted by molar-refractivity contribution is 0.0131. The van der Waals surface area contributed by atoms with Crippen LogP contribution in [0.1, 0.15) is 55.1 Å². The van der Waals surface area contributed by atoms with Crippen LogP contribution in [0.5, 0.6) is 5.88 Å². The van der Waals surface area contributed by atoms with Crippen LogP contribution in [0, 0.1) is 0 Å². The zero-order valence-corrected chi connectivity index (χ0v) is 22.2. The average Bonchev–Trinajstić information content (AvgIpc) is 3.70. The van der Waals surface area contributed by atoms with Gasteiger partial charge in [-0.1, -0.05) is 24.3 Å². The Labute approximate surface area is 224 Å². The summed E-state index contributed by atoms with van der Waals surface area (Å²) in [7, 11) is 3.31. The Kier molecular flexibility index (Phi) is 6.25. The lowest BCUT2D eigenvalue weighted by atomic mass is 10.1. The molecule has 39 heavy (non-hydrogen) atoms. The first-order valence-corrected chi connectivity index (χ1v) is 12.9. The molecule has 0 spiro atoms. The van der Waals surface area contributed by atoms with E-state index in [-0.39, 0.29) is 11.9 Å². The van der Waals surface area contributed by atoms with E-state index in [0.717, 1.165) is 53.5 Å². The van der Waals surface area contributed by atoms with E-state index in [9.17, 15) is 8.78 Å². The Morgan fingerprint density at radius 1 is 1.10 bits per heavy atom.